The van der Waals surface area contributed by atoms with Crippen LogP contribution in [-0.4, -0.2) is 35.3 Å². The number of H-pyrrole nitrogens is 1. The van der Waals surface area contributed by atoms with Gasteiger partial charge < -0.3 is 15.0 Å². The van der Waals surface area contributed by atoms with Crippen LogP contribution in [0.25, 0.3) is 0 Å². The highest BCUT2D eigenvalue weighted by Crippen LogP contribution is 2.18. The standard InChI is InChI=1S/C14H25N3O/c1-2-7-15-12(11-14-16-8-9-17-14)5-6-13-4-3-10-18-13/h8-9,12-13,15H,2-7,10-11H2,1H3,(H,16,17). The fourth-order valence-corrected chi connectivity index (χ4v) is 2.53. The summed E-state index contributed by atoms with van der Waals surface area (Å²) < 4.78 is 5.69. The Bertz CT molecular complexity index is 307. The van der Waals surface area contributed by atoms with Gasteiger partial charge in [0, 0.05) is 31.5 Å². The average Bonchev–Trinajstić information content (AvgIpc) is 3.05. The van der Waals surface area contributed by atoms with Gasteiger partial charge in [0.1, 0.15) is 5.82 Å². The molecular weight excluding hydrogens is 226 g/mol. The SMILES string of the molecule is CCCNC(CCC1CCCO1)Cc1ncc[nH]1. The Labute approximate surface area is 110 Å². The Morgan fingerprint density at radius 3 is 3.22 bits per heavy atom. The van der Waals surface area contributed by atoms with E-state index in [4.69, 9.17) is 4.74 Å². The molecule has 4 nitrogen and oxygen atoms in total. The van der Waals surface area contributed by atoms with Crippen LogP contribution in [0.3, 0.4) is 0 Å². The summed E-state index contributed by atoms with van der Waals surface area (Å²) >= 11 is 0. The van der Waals surface area contributed by atoms with Crippen LogP contribution in [0.1, 0.15) is 44.9 Å². The second-order valence-electron chi connectivity index (χ2n) is 5.10. The molecule has 4 heteroatoms. The molecule has 1 aromatic heterocycles. The van der Waals surface area contributed by atoms with Gasteiger partial charge in [0.2, 0.25) is 0 Å². The van der Waals surface area contributed by atoms with Crippen LogP contribution < -0.4 is 5.32 Å². The first kappa shape index (κ1) is 13.6. The zero-order chi connectivity index (χ0) is 12.6. The van der Waals surface area contributed by atoms with Gasteiger partial charge in [-0.2, -0.15) is 0 Å². The molecule has 0 aromatic carbocycles. The lowest BCUT2D eigenvalue weighted by molar-refractivity contribution is 0.0995. The second-order valence-corrected chi connectivity index (χ2v) is 5.10. The van der Waals surface area contributed by atoms with Gasteiger partial charge in [0.05, 0.1) is 6.10 Å². The summed E-state index contributed by atoms with van der Waals surface area (Å²) in [6, 6.07) is 0.514. The van der Waals surface area contributed by atoms with E-state index in [-0.39, 0.29) is 0 Å². The van der Waals surface area contributed by atoms with Crippen molar-refractivity contribution in [1.29, 1.82) is 0 Å². The van der Waals surface area contributed by atoms with E-state index in [1.165, 1.54) is 32.1 Å². The molecule has 1 aromatic rings. The monoisotopic (exact) mass is 251 g/mol. The van der Waals surface area contributed by atoms with Crippen molar-refractivity contribution in [1.82, 2.24) is 15.3 Å². The summed E-state index contributed by atoms with van der Waals surface area (Å²) in [7, 11) is 0. The predicted octanol–water partition coefficient (Wildman–Crippen LogP) is 2.28. The lowest BCUT2D eigenvalue weighted by atomic mass is 10.0. The van der Waals surface area contributed by atoms with Gasteiger partial charge in [-0.3, -0.25) is 0 Å². The molecule has 0 radical (unpaired) electrons. The Kier molecular flexibility index (Phi) is 5.68. The number of rotatable bonds is 8. The number of imidazole rings is 1. The summed E-state index contributed by atoms with van der Waals surface area (Å²) in [6.45, 7) is 4.24. The van der Waals surface area contributed by atoms with Crippen molar-refractivity contribution >= 4 is 0 Å². The van der Waals surface area contributed by atoms with E-state index in [9.17, 15) is 0 Å². The highest BCUT2D eigenvalue weighted by atomic mass is 16.5. The van der Waals surface area contributed by atoms with Gasteiger partial charge in [-0.15, -0.1) is 0 Å². The smallest absolute Gasteiger partial charge is 0.107 e. The molecule has 0 bridgehead atoms. The van der Waals surface area contributed by atoms with Crippen molar-refractivity contribution in [3.05, 3.63) is 18.2 Å². The van der Waals surface area contributed by atoms with Gasteiger partial charge in [0.25, 0.3) is 0 Å². The van der Waals surface area contributed by atoms with E-state index < -0.39 is 0 Å². The summed E-state index contributed by atoms with van der Waals surface area (Å²) in [5, 5.41) is 3.62. The van der Waals surface area contributed by atoms with E-state index in [2.05, 4.69) is 22.2 Å². The average molecular weight is 251 g/mol. The molecule has 102 valence electrons. The van der Waals surface area contributed by atoms with Gasteiger partial charge in [0.15, 0.2) is 0 Å². The molecule has 2 rings (SSSR count). The molecule has 0 saturated carbocycles. The van der Waals surface area contributed by atoms with E-state index in [0.29, 0.717) is 12.1 Å². The molecule has 2 atom stereocenters. The molecule has 2 unspecified atom stereocenters. The third kappa shape index (κ3) is 4.42. The maximum atomic E-state index is 5.69. The molecule has 2 N–H and O–H groups in total. The molecule has 1 fully saturated rings. The molecule has 1 aliphatic rings. The predicted molar refractivity (Wildman–Crippen MR) is 72.6 cm³/mol. The van der Waals surface area contributed by atoms with E-state index in [1.807, 2.05) is 12.4 Å². The summed E-state index contributed by atoms with van der Waals surface area (Å²) in [5.41, 5.74) is 0. The van der Waals surface area contributed by atoms with Crippen LogP contribution in [-0.2, 0) is 11.2 Å². The van der Waals surface area contributed by atoms with E-state index in [1.54, 1.807) is 0 Å². The highest BCUT2D eigenvalue weighted by molar-refractivity contribution is 4.91. The highest BCUT2D eigenvalue weighted by Gasteiger charge is 2.18. The van der Waals surface area contributed by atoms with Crippen molar-refractivity contribution in [2.75, 3.05) is 13.2 Å². The Morgan fingerprint density at radius 1 is 1.61 bits per heavy atom. The molecule has 2 heterocycles. The molecular formula is C14H25N3O. The van der Waals surface area contributed by atoms with Crippen LogP contribution in [0.5, 0.6) is 0 Å². The largest absolute Gasteiger partial charge is 0.378 e. The van der Waals surface area contributed by atoms with Gasteiger partial charge >= 0.3 is 0 Å². The van der Waals surface area contributed by atoms with Crippen molar-refractivity contribution in [3.8, 4) is 0 Å². The summed E-state index contributed by atoms with van der Waals surface area (Å²) in [5.74, 6) is 1.08. The maximum absolute atomic E-state index is 5.69. The third-order valence-electron chi connectivity index (χ3n) is 3.54. The zero-order valence-corrected chi connectivity index (χ0v) is 11.3. The molecule has 0 spiro atoms. The maximum Gasteiger partial charge on any atom is 0.107 e. The Morgan fingerprint density at radius 2 is 2.56 bits per heavy atom. The van der Waals surface area contributed by atoms with Crippen LogP contribution in [0.4, 0.5) is 0 Å². The molecule has 1 saturated heterocycles. The van der Waals surface area contributed by atoms with Crippen LogP contribution >= 0.6 is 0 Å². The number of ether oxygens (including phenoxy) is 1. The molecule has 18 heavy (non-hydrogen) atoms. The minimum atomic E-state index is 0.493. The molecule has 1 aliphatic heterocycles. The second kappa shape index (κ2) is 7.54. The first-order valence-electron chi connectivity index (χ1n) is 7.21. The lowest BCUT2D eigenvalue weighted by Gasteiger charge is -2.19. The van der Waals surface area contributed by atoms with E-state index >= 15 is 0 Å². The van der Waals surface area contributed by atoms with Crippen LogP contribution in [0.2, 0.25) is 0 Å². The zero-order valence-electron chi connectivity index (χ0n) is 11.3. The molecule has 0 aliphatic carbocycles. The van der Waals surface area contributed by atoms with Gasteiger partial charge in [-0.05, 0) is 38.6 Å². The van der Waals surface area contributed by atoms with Crippen LogP contribution in [0.15, 0.2) is 12.4 Å². The Hall–Kier alpha value is -0.870. The first-order valence-corrected chi connectivity index (χ1v) is 7.21. The first-order chi connectivity index (χ1) is 8.88. The quantitative estimate of drug-likeness (QED) is 0.745. The minimum absolute atomic E-state index is 0.493. The van der Waals surface area contributed by atoms with Crippen molar-refractivity contribution < 1.29 is 4.74 Å². The van der Waals surface area contributed by atoms with Crippen molar-refractivity contribution in [3.63, 3.8) is 0 Å². The number of aromatic amines is 1. The number of aromatic nitrogens is 2. The van der Waals surface area contributed by atoms with E-state index in [0.717, 1.165) is 25.4 Å². The van der Waals surface area contributed by atoms with Gasteiger partial charge in [-0.25, -0.2) is 4.98 Å². The third-order valence-corrected chi connectivity index (χ3v) is 3.54. The van der Waals surface area contributed by atoms with Crippen molar-refractivity contribution in [2.24, 2.45) is 0 Å². The van der Waals surface area contributed by atoms with Crippen LogP contribution in [0, 0.1) is 0 Å². The number of nitrogens with one attached hydrogen (secondary N) is 2. The lowest BCUT2D eigenvalue weighted by Crippen LogP contribution is -2.33. The number of hydrogen-bond acceptors (Lipinski definition) is 3. The number of hydrogen-bond donors (Lipinski definition) is 2. The summed E-state index contributed by atoms with van der Waals surface area (Å²) in [6.07, 6.45) is 11.2. The minimum Gasteiger partial charge on any atom is -0.378 e. The van der Waals surface area contributed by atoms with Gasteiger partial charge in [-0.1, -0.05) is 6.92 Å². The molecule has 0 amide bonds. The fraction of sp³-hybridized carbons (Fsp3) is 0.786. The topological polar surface area (TPSA) is 49.9 Å². The normalized spacial score (nSPS) is 21.3. The Balaban J connectivity index is 1.76. The van der Waals surface area contributed by atoms with Crippen molar-refractivity contribution in [2.45, 2.75) is 57.6 Å². The number of nitrogens with zero attached hydrogens (tertiary/aromatic N) is 1. The fourth-order valence-electron chi connectivity index (χ4n) is 2.53. The summed E-state index contributed by atoms with van der Waals surface area (Å²) in [4.78, 5) is 7.51.